The molecule has 0 bridgehead atoms. The van der Waals surface area contributed by atoms with Gasteiger partial charge in [0.15, 0.2) is 0 Å². The van der Waals surface area contributed by atoms with Crippen LogP contribution in [0.3, 0.4) is 0 Å². The Morgan fingerprint density at radius 2 is 2.00 bits per heavy atom. The van der Waals surface area contributed by atoms with E-state index in [0.717, 1.165) is 5.75 Å². The maximum absolute atomic E-state index is 9.35. The summed E-state index contributed by atoms with van der Waals surface area (Å²) in [4.78, 5) is 0. The SMILES string of the molecule is COC1C(O)CC1Oc1ccccc1. The maximum Gasteiger partial charge on any atom is 0.130 e. The van der Waals surface area contributed by atoms with Crippen molar-refractivity contribution in [2.24, 2.45) is 0 Å². The number of ether oxygens (including phenoxy) is 2. The average molecular weight is 194 g/mol. The summed E-state index contributed by atoms with van der Waals surface area (Å²) in [6.45, 7) is 0. The fourth-order valence-electron chi connectivity index (χ4n) is 1.66. The first-order valence-corrected chi connectivity index (χ1v) is 4.74. The minimum atomic E-state index is -0.381. The maximum atomic E-state index is 9.35. The molecule has 0 heterocycles. The van der Waals surface area contributed by atoms with Crippen LogP contribution >= 0.6 is 0 Å². The summed E-state index contributed by atoms with van der Waals surface area (Å²) in [5.74, 6) is 0.825. The standard InChI is InChI=1S/C11H14O3/c1-13-11-9(12)7-10(11)14-8-5-3-2-4-6-8/h2-6,9-12H,7H2,1H3. The van der Waals surface area contributed by atoms with Gasteiger partial charge in [-0.05, 0) is 12.1 Å². The highest BCUT2D eigenvalue weighted by molar-refractivity contribution is 5.22. The third-order valence-electron chi connectivity index (χ3n) is 2.52. The quantitative estimate of drug-likeness (QED) is 0.786. The van der Waals surface area contributed by atoms with Crippen molar-refractivity contribution in [2.45, 2.75) is 24.7 Å². The van der Waals surface area contributed by atoms with E-state index < -0.39 is 0 Å². The monoisotopic (exact) mass is 194 g/mol. The molecule has 0 amide bonds. The Morgan fingerprint density at radius 3 is 2.57 bits per heavy atom. The highest BCUT2D eigenvalue weighted by atomic mass is 16.6. The number of hydrogen-bond donors (Lipinski definition) is 1. The molecule has 0 radical (unpaired) electrons. The molecule has 3 unspecified atom stereocenters. The second-order valence-electron chi connectivity index (χ2n) is 3.47. The minimum absolute atomic E-state index is 0.0163. The average Bonchev–Trinajstić information content (AvgIpc) is 2.19. The minimum Gasteiger partial charge on any atom is -0.488 e. The van der Waals surface area contributed by atoms with Gasteiger partial charge in [-0.1, -0.05) is 18.2 Å². The summed E-state index contributed by atoms with van der Waals surface area (Å²) < 4.78 is 10.7. The van der Waals surface area contributed by atoms with Crippen LogP contribution in [0.5, 0.6) is 5.75 Å². The zero-order valence-corrected chi connectivity index (χ0v) is 8.09. The number of benzene rings is 1. The Kier molecular flexibility index (Phi) is 2.70. The van der Waals surface area contributed by atoms with Crippen LogP contribution in [0.2, 0.25) is 0 Å². The van der Waals surface area contributed by atoms with Gasteiger partial charge in [0.2, 0.25) is 0 Å². The van der Waals surface area contributed by atoms with E-state index >= 15 is 0 Å². The fourth-order valence-corrected chi connectivity index (χ4v) is 1.66. The van der Waals surface area contributed by atoms with Crippen molar-refractivity contribution in [3.8, 4) is 5.75 Å². The first kappa shape index (κ1) is 9.49. The Balaban J connectivity index is 1.93. The van der Waals surface area contributed by atoms with Crippen molar-refractivity contribution < 1.29 is 14.6 Å². The third-order valence-corrected chi connectivity index (χ3v) is 2.52. The van der Waals surface area contributed by atoms with E-state index in [-0.39, 0.29) is 18.3 Å². The van der Waals surface area contributed by atoms with Crippen molar-refractivity contribution in [1.29, 1.82) is 0 Å². The van der Waals surface area contributed by atoms with Crippen molar-refractivity contribution in [3.63, 3.8) is 0 Å². The molecule has 1 saturated carbocycles. The van der Waals surface area contributed by atoms with Crippen LogP contribution in [0, 0.1) is 0 Å². The summed E-state index contributed by atoms with van der Waals surface area (Å²) in [5.41, 5.74) is 0. The van der Waals surface area contributed by atoms with Crippen LogP contribution in [0.15, 0.2) is 30.3 Å². The zero-order chi connectivity index (χ0) is 9.97. The van der Waals surface area contributed by atoms with Crippen molar-refractivity contribution in [1.82, 2.24) is 0 Å². The van der Waals surface area contributed by atoms with Gasteiger partial charge in [0.1, 0.15) is 18.0 Å². The zero-order valence-electron chi connectivity index (χ0n) is 8.09. The van der Waals surface area contributed by atoms with Crippen molar-refractivity contribution in [2.75, 3.05) is 7.11 Å². The molecule has 2 rings (SSSR count). The van der Waals surface area contributed by atoms with E-state index in [1.807, 2.05) is 30.3 Å². The molecule has 1 aliphatic rings. The largest absolute Gasteiger partial charge is 0.488 e. The smallest absolute Gasteiger partial charge is 0.130 e. The van der Waals surface area contributed by atoms with Crippen LogP contribution < -0.4 is 4.74 Å². The molecule has 3 atom stereocenters. The molecule has 0 aliphatic heterocycles. The topological polar surface area (TPSA) is 38.7 Å². The number of aliphatic hydroxyl groups excluding tert-OH is 1. The highest BCUT2D eigenvalue weighted by Crippen LogP contribution is 2.28. The van der Waals surface area contributed by atoms with Gasteiger partial charge in [-0.15, -0.1) is 0 Å². The van der Waals surface area contributed by atoms with E-state index in [1.165, 1.54) is 0 Å². The molecule has 3 nitrogen and oxygen atoms in total. The van der Waals surface area contributed by atoms with Gasteiger partial charge in [-0.25, -0.2) is 0 Å². The molecular weight excluding hydrogens is 180 g/mol. The van der Waals surface area contributed by atoms with Crippen LogP contribution in [0.1, 0.15) is 6.42 Å². The molecule has 1 aromatic rings. The van der Waals surface area contributed by atoms with Gasteiger partial charge >= 0.3 is 0 Å². The van der Waals surface area contributed by atoms with E-state index in [0.29, 0.717) is 6.42 Å². The van der Waals surface area contributed by atoms with E-state index in [9.17, 15) is 5.11 Å². The van der Waals surface area contributed by atoms with Crippen LogP contribution in [0.25, 0.3) is 0 Å². The van der Waals surface area contributed by atoms with Gasteiger partial charge in [-0.3, -0.25) is 0 Å². The first-order valence-electron chi connectivity index (χ1n) is 4.74. The Labute approximate surface area is 83.3 Å². The van der Waals surface area contributed by atoms with Gasteiger partial charge in [0, 0.05) is 13.5 Å². The molecule has 1 aliphatic carbocycles. The second-order valence-corrected chi connectivity index (χ2v) is 3.47. The lowest BCUT2D eigenvalue weighted by Crippen LogP contribution is -2.54. The highest BCUT2D eigenvalue weighted by Gasteiger charge is 2.42. The molecule has 0 spiro atoms. The van der Waals surface area contributed by atoms with Crippen molar-refractivity contribution >= 4 is 0 Å². The summed E-state index contributed by atoms with van der Waals surface area (Å²) in [5, 5.41) is 9.35. The van der Waals surface area contributed by atoms with Crippen molar-refractivity contribution in [3.05, 3.63) is 30.3 Å². The molecule has 14 heavy (non-hydrogen) atoms. The molecular formula is C11H14O3. The second kappa shape index (κ2) is 3.98. The number of para-hydroxylation sites is 1. The Bertz CT molecular complexity index is 286. The normalized spacial score (nSPS) is 30.9. The number of rotatable bonds is 3. The van der Waals surface area contributed by atoms with Gasteiger partial charge in [-0.2, -0.15) is 0 Å². The lowest BCUT2D eigenvalue weighted by Gasteiger charge is -2.39. The van der Waals surface area contributed by atoms with Crippen LogP contribution in [-0.4, -0.2) is 30.5 Å². The number of hydrogen-bond acceptors (Lipinski definition) is 3. The van der Waals surface area contributed by atoms with E-state index in [1.54, 1.807) is 7.11 Å². The molecule has 76 valence electrons. The first-order chi connectivity index (χ1) is 6.81. The Morgan fingerprint density at radius 1 is 1.29 bits per heavy atom. The van der Waals surface area contributed by atoms with Gasteiger partial charge < -0.3 is 14.6 Å². The molecule has 1 aromatic carbocycles. The predicted octanol–water partition coefficient (Wildman–Crippen LogP) is 1.21. The van der Waals surface area contributed by atoms with Crippen LogP contribution in [0.4, 0.5) is 0 Å². The third kappa shape index (κ3) is 1.74. The van der Waals surface area contributed by atoms with E-state index in [2.05, 4.69) is 0 Å². The van der Waals surface area contributed by atoms with Gasteiger partial charge in [0.05, 0.1) is 6.10 Å². The summed E-state index contributed by atoms with van der Waals surface area (Å²) in [7, 11) is 1.59. The summed E-state index contributed by atoms with van der Waals surface area (Å²) in [6.07, 6.45) is 0.0641. The Hall–Kier alpha value is -1.06. The predicted molar refractivity (Wildman–Crippen MR) is 52.3 cm³/mol. The number of aliphatic hydroxyl groups is 1. The molecule has 0 saturated heterocycles. The summed E-state index contributed by atoms with van der Waals surface area (Å²) in [6, 6.07) is 9.59. The van der Waals surface area contributed by atoms with Crippen LogP contribution in [-0.2, 0) is 4.74 Å². The number of methoxy groups -OCH3 is 1. The summed E-state index contributed by atoms with van der Waals surface area (Å²) >= 11 is 0. The molecule has 1 fully saturated rings. The fraction of sp³-hybridized carbons (Fsp3) is 0.455. The lowest BCUT2D eigenvalue weighted by atomic mass is 9.88. The molecule has 1 N–H and O–H groups in total. The molecule has 3 heteroatoms. The molecule has 0 aromatic heterocycles. The lowest BCUT2D eigenvalue weighted by molar-refractivity contribution is -0.149. The van der Waals surface area contributed by atoms with E-state index in [4.69, 9.17) is 9.47 Å². The van der Waals surface area contributed by atoms with Gasteiger partial charge in [0.25, 0.3) is 0 Å².